The van der Waals surface area contributed by atoms with Crippen LogP contribution in [0.4, 0.5) is 4.39 Å². The van der Waals surface area contributed by atoms with E-state index in [0.29, 0.717) is 6.54 Å². The first-order chi connectivity index (χ1) is 10.7. The second kappa shape index (κ2) is 6.32. The van der Waals surface area contributed by atoms with Crippen LogP contribution in [-0.2, 0) is 26.3 Å². The van der Waals surface area contributed by atoms with Crippen molar-refractivity contribution in [2.75, 3.05) is 6.54 Å². The van der Waals surface area contributed by atoms with Crippen molar-refractivity contribution in [1.29, 1.82) is 0 Å². The molecule has 0 unspecified atom stereocenters. The van der Waals surface area contributed by atoms with Crippen molar-refractivity contribution in [2.24, 2.45) is 12.8 Å². The second-order valence-corrected chi connectivity index (χ2v) is 5.75. The minimum atomic E-state index is -0.170. The average Bonchev–Trinajstić information content (AvgIpc) is 2.83. The third-order valence-corrected chi connectivity index (χ3v) is 4.15. The zero-order valence-electron chi connectivity index (χ0n) is 12.8. The van der Waals surface area contributed by atoms with Gasteiger partial charge in [0, 0.05) is 18.6 Å². The number of nitrogens with zero attached hydrogens (tertiary/aromatic N) is 1. The first-order valence-corrected chi connectivity index (χ1v) is 7.69. The SMILES string of the molecule is Cn1cc(CCN)c2c(CCc3ccccc3)cc(F)cc21. The lowest BCUT2D eigenvalue weighted by Gasteiger charge is -2.08. The van der Waals surface area contributed by atoms with Crippen molar-refractivity contribution in [3.05, 3.63) is 71.2 Å². The van der Waals surface area contributed by atoms with Gasteiger partial charge >= 0.3 is 0 Å². The van der Waals surface area contributed by atoms with E-state index in [1.165, 1.54) is 16.5 Å². The smallest absolute Gasteiger partial charge is 0.125 e. The van der Waals surface area contributed by atoms with Crippen LogP contribution in [0.2, 0.25) is 0 Å². The molecule has 3 heteroatoms. The summed E-state index contributed by atoms with van der Waals surface area (Å²) in [6, 6.07) is 13.6. The largest absolute Gasteiger partial charge is 0.350 e. The van der Waals surface area contributed by atoms with Crippen molar-refractivity contribution in [1.82, 2.24) is 4.57 Å². The molecule has 0 atom stereocenters. The summed E-state index contributed by atoms with van der Waals surface area (Å²) in [6.45, 7) is 0.606. The molecule has 0 aliphatic carbocycles. The van der Waals surface area contributed by atoms with Gasteiger partial charge in [0.2, 0.25) is 0 Å². The van der Waals surface area contributed by atoms with E-state index in [-0.39, 0.29) is 5.82 Å². The molecular formula is C19H21FN2. The highest BCUT2D eigenvalue weighted by Gasteiger charge is 2.12. The molecule has 1 aromatic heterocycles. The fraction of sp³-hybridized carbons (Fsp3) is 0.263. The minimum absolute atomic E-state index is 0.170. The van der Waals surface area contributed by atoms with E-state index < -0.39 is 0 Å². The number of hydrogen-bond donors (Lipinski definition) is 1. The van der Waals surface area contributed by atoms with E-state index in [4.69, 9.17) is 5.73 Å². The summed E-state index contributed by atoms with van der Waals surface area (Å²) in [5.74, 6) is -0.170. The van der Waals surface area contributed by atoms with Crippen LogP contribution in [-0.4, -0.2) is 11.1 Å². The Balaban J connectivity index is 2.00. The molecular weight excluding hydrogens is 275 g/mol. The van der Waals surface area contributed by atoms with E-state index in [0.717, 1.165) is 30.3 Å². The molecule has 3 rings (SSSR count). The zero-order chi connectivity index (χ0) is 15.5. The highest BCUT2D eigenvalue weighted by atomic mass is 19.1. The standard InChI is InChI=1S/C19H21FN2/c1-22-13-16(9-10-21)19-15(11-17(20)12-18(19)22)8-7-14-5-3-2-4-6-14/h2-6,11-13H,7-10,21H2,1H3. The molecule has 114 valence electrons. The van der Waals surface area contributed by atoms with E-state index >= 15 is 0 Å². The maximum absolute atomic E-state index is 14.0. The van der Waals surface area contributed by atoms with Crippen LogP contribution >= 0.6 is 0 Å². The van der Waals surface area contributed by atoms with Crippen LogP contribution in [0, 0.1) is 5.82 Å². The number of fused-ring (bicyclic) bond motifs is 1. The number of aromatic nitrogens is 1. The molecule has 0 fully saturated rings. The molecule has 0 saturated heterocycles. The minimum Gasteiger partial charge on any atom is -0.350 e. The van der Waals surface area contributed by atoms with Crippen LogP contribution in [0.15, 0.2) is 48.7 Å². The number of nitrogens with two attached hydrogens (primary N) is 1. The Morgan fingerprint density at radius 3 is 2.50 bits per heavy atom. The van der Waals surface area contributed by atoms with Gasteiger partial charge in [0.05, 0.1) is 5.52 Å². The lowest BCUT2D eigenvalue weighted by atomic mass is 9.98. The summed E-state index contributed by atoms with van der Waals surface area (Å²) in [5.41, 5.74) is 10.2. The average molecular weight is 296 g/mol. The molecule has 0 saturated carbocycles. The normalized spacial score (nSPS) is 11.2. The quantitative estimate of drug-likeness (QED) is 0.766. The summed E-state index contributed by atoms with van der Waals surface area (Å²) in [7, 11) is 1.96. The van der Waals surface area contributed by atoms with Gasteiger partial charge in [-0.05, 0) is 54.6 Å². The molecule has 1 heterocycles. The molecule has 0 spiro atoms. The Hall–Kier alpha value is -2.13. The third-order valence-electron chi connectivity index (χ3n) is 4.15. The number of rotatable bonds is 5. The van der Waals surface area contributed by atoms with Gasteiger partial charge in [-0.25, -0.2) is 4.39 Å². The summed E-state index contributed by atoms with van der Waals surface area (Å²) >= 11 is 0. The van der Waals surface area contributed by atoms with Gasteiger partial charge in [0.1, 0.15) is 5.82 Å². The Morgan fingerprint density at radius 1 is 1.00 bits per heavy atom. The molecule has 0 aliphatic heterocycles. The van der Waals surface area contributed by atoms with E-state index in [1.807, 2.05) is 29.8 Å². The molecule has 0 amide bonds. The molecule has 2 aromatic carbocycles. The molecule has 3 aromatic rings. The maximum atomic E-state index is 14.0. The third kappa shape index (κ3) is 2.90. The predicted molar refractivity (Wildman–Crippen MR) is 89.5 cm³/mol. The fourth-order valence-electron chi connectivity index (χ4n) is 3.13. The van der Waals surface area contributed by atoms with Crippen molar-refractivity contribution in [3.63, 3.8) is 0 Å². The zero-order valence-corrected chi connectivity index (χ0v) is 12.8. The van der Waals surface area contributed by atoms with Crippen LogP contribution < -0.4 is 5.73 Å². The van der Waals surface area contributed by atoms with Crippen molar-refractivity contribution in [2.45, 2.75) is 19.3 Å². The second-order valence-electron chi connectivity index (χ2n) is 5.75. The highest BCUT2D eigenvalue weighted by Crippen LogP contribution is 2.27. The summed E-state index contributed by atoms with van der Waals surface area (Å²) in [5, 5.41) is 1.17. The monoisotopic (exact) mass is 296 g/mol. The van der Waals surface area contributed by atoms with Crippen LogP contribution in [0.3, 0.4) is 0 Å². The van der Waals surface area contributed by atoms with E-state index in [2.05, 4.69) is 18.3 Å². The lowest BCUT2D eigenvalue weighted by molar-refractivity contribution is 0.626. The summed E-state index contributed by atoms with van der Waals surface area (Å²) in [4.78, 5) is 0. The first kappa shape index (κ1) is 14.8. The molecule has 22 heavy (non-hydrogen) atoms. The molecule has 0 bridgehead atoms. The Morgan fingerprint density at radius 2 is 1.77 bits per heavy atom. The Labute approximate surface area is 130 Å². The highest BCUT2D eigenvalue weighted by molar-refractivity contribution is 5.87. The topological polar surface area (TPSA) is 30.9 Å². The van der Waals surface area contributed by atoms with Gasteiger partial charge in [-0.1, -0.05) is 30.3 Å². The first-order valence-electron chi connectivity index (χ1n) is 7.69. The number of aryl methyl sites for hydroxylation is 3. The number of benzene rings is 2. The molecule has 0 radical (unpaired) electrons. The van der Waals surface area contributed by atoms with Crippen molar-refractivity contribution < 1.29 is 4.39 Å². The van der Waals surface area contributed by atoms with Crippen LogP contribution in [0.25, 0.3) is 10.9 Å². The van der Waals surface area contributed by atoms with E-state index in [1.54, 1.807) is 12.1 Å². The predicted octanol–water partition coefficient (Wildman–Crippen LogP) is 3.60. The van der Waals surface area contributed by atoms with Crippen LogP contribution in [0.1, 0.15) is 16.7 Å². The van der Waals surface area contributed by atoms with Gasteiger partial charge < -0.3 is 10.3 Å². The Bertz CT molecular complexity index is 775. The molecule has 0 aliphatic rings. The van der Waals surface area contributed by atoms with Crippen LogP contribution in [0.5, 0.6) is 0 Å². The van der Waals surface area contributed by atoms with Gasteiger partial charge in [0.15, 0.2) is 0 Å². The summed E-state index contributed by atoms with van der Waals surface area (Å²) in [6.07, 6.45) is 4.64. The van der Waals surface area contributed by atoms with E-state index in [9.17, 15) is 4.39 Å². The maximum Gasteiger partial charge on any atom is 0.125 e. The van der Waals surface area contributed by atoms with Gasteiger partial charge in [-0.15, -0.1) is 0 Å². The van der Waals surface area contributed by atoms with Crippen molar-refractivity contribution >= 4 is 10.9 Å². The van der Waals surface area contributed by atoms with Crippen molar-refractivity contribution in [3.8, 4) is 0 Å². The van der Waals surface area contributed by atoms with Gasteiger partial charge in [-0.2, -0.15) is 0 Å². The molecule has 2 nitrogen and oxygen atoms in total. The lowest BCUT2D eigenvalue weighted by Crippen LogP contribution is -2.03. The number of halogens is 1. The summed E-state index contributed by atoms with van der Waals surface area (Å²) < 4.78 is 16.0. The fourth-order valence-corrected chi connectivity index (χ4v) is 3.13. The molecule has 2 N–H and O–H groups in total. The number of hydrogen-bond acceptors (Lipinski definition) is 1. The van der Waals surface area contributed by atoms with Gasteiger partial charge in [0.25, 0.3) is 0 Å². The Kier molecular flexibility index (Phi) is 4.25. The van der Waals surface area contributed by atoms with Gasteiger partial charge in [-0.3, -0.25) is 0 Å².